The molecule has 0 saturated carbocycles. The first-order chi connectivity index (χ1) is 8.77. The molecular weight excluding hydrogens is 273 g/mol. The minimum Gasteiger partial charge on any atom is -0.478 e. The van der Waals surface area contributed by atoms with E-state index in [1.807, 2.05) is 13.8 Å². The molecule has 0 spiro atoms. The summed E-state index contributed by atoms with van der Waals surface area (Å²) in [6, 6.07) is 2.67. The highest BCUT2D eigenvalue weighted by Gasteiger charge is 2.21. The molecule has 0 heterocycles. The van der Waals surface area contributed by atoms with Crippen LogP contribution in [0.1, 0.15) is 30.6 Å². The topological polar surface area (TPSA) is 83.5 Å². The number of carboxylic acid groups (broad SMARTS) is 1. The van der Waals surface area contributed by atoms with E-state index < -0.39 is 26.7 Å². The predicted molar refractivity (Wildman–Crippen MR) is 68.0 cm³/mol. The van der Waals surface area contributed by atoms with Crippen LogP contribution in [0.2, 0.25) is 0 Å². The second kappa shape index (κ2) is 6.12. The summed E-state index contributed by atoms with van der Waals surface area (Å²) in [5.74, 6) is -2.17. The highest BCUT2D eigenvalue weighted by molar-refractivity contribution is 7.89. The zero-order chi connectivity index (χ0) is 14.6. The summed E-state index contributed by atoms with van der Waals surface area (Å²) in [7, 11) is -4.04. The average Bonchev–Trinajstić information content (AvgIpc) is 2.36. The molecule has 1 aromatic rings. The number of aromatic carboxylic acids is 1. The molecular formula is C12H16FNO4S. The van der Waals surface area contributed by atoms with Crippen LogP contribution in [0.4, 0.5) is 4.39 Å². The van der Waals surface area contributed by atoms with Crippen LogP contribution in [0.3, 0.4) is 0 Å². The second-order valence-electron chi connectivity index (χ2n) is 4.32. The molecule has 2 N–H and O–H groups in total. The molecule has 0 aliphatic carbocycles. The number of carboxylic acids is 1. The Morgan fingerprint density at radius 3 is 2.63 bits per heavy atom. The molecule has 0 aromatic heterocycles. The van der Waals surface area contributed by atoms with Crippen molar-refractivity contribution in [2.45, 2.75) is 25.2 Å². The Hall–Kier alpha value is -1.47. The Morgan fingerprint density at radius 1 is 1.47 bits per heavy atom. The molecule has 1 atom stereocenters. The van der Waals surface area contributed by atoms with Gasteiger partial charge in [0.05, 0.1) is 5.56 Å². The molecule has 0 aliphatic rings. The summed E-state index contributed by atoms with van der Waals surface area (Å²) in [6.07, 6.45) is 0.778. The first kappa shape index (κ1) is 15.6. The molecule has 0 aliphatic heterocycles. The van der Waals surface area contributed by atoms with Gasteiger partial charge in [-0.2, -0.15) is 0 Å². The summed E-state index contributed by atoms with van der Waals surface area (Å²) in [4.78, 5) is 10.1. The molecule has 0 radical (unpaired) electrons. The normalized spacial score (nSPS) is 13.2. The SMILES string of the molecule is CCC(C)CNS(=O)(=O)c1cc(C(=O)O)ccc1F. The molecule has 106 valence electrons. The van der Waals surface area contributed by atoms with Crippen molar-refractivity contribution in [2.24, 2.45) is 5.92 Å². The average molecular weight is 289 g/mol. The Labute approximate surface area is 111 Å². The van der Waals surface area contributed by atoms with Crippen LogP contribution < -0.4 is 4.72 Å². The Bertz CT molecular complexity index is 571. The maximum absolute atomic E-state index is 13.5. The van der Waals surface area contributed by atoms with Crippen LogP contribution in [0.25, 0.3) is 0 Å². The van der Waals surface area contributed by atoms with E-state index in [-0.39, 0.29) is 18.0 Å². The monoisotopic (exact) mass is 289 g/mol. The molecule has 1 aromatic carbocycles. The van der Waals surface area contributed by atoms with Gasteiger partial charge in [0.25, 0.3) is 0 Å². The molecule has 1 unspecified atom stereocenters. The van der Waals surface area contributed by atoms with Crippen molar-refractivity contribution in [1.29, 1.82) is 0 Å². The third-order valence-electron chi connectivity index (χ3n) is 2.79. The maximum Gasteiger partial charge on any atom is 0.335 e. The van der Waals surface area contributed by atoms with Crippen LogP contribution in [0, 0.1) is 11.7 Å². The van der Waals surface area contributed by atoms with Crippen molar-refractivity contribution in [2.75, 3.05) is 6.54 Å². The van der Waals surface area contributed by atoms with Crippen LogP contribution >= 0.6 is 0 Å². The Balaban J connectivity index is 3.06. The van der Waals surface area contributed by atoms with E-state index in [0.717, 1.165) is 24.6 Å². The first-order valence-electron chi connectivity index (χ1n) is 5.80. The van der Waals surface area contributed by atoms with E-state index in [1.54, 1.807) is 0 Å². The molecule has 0 fully saturated rings. The maximum atomic E-state index is 13.5. The van der Waals surface area contributed by atoms with Gasteiger partial charge < -0.3 is 5.11 Å². The van der Waals surface area contributed by atoms with E-state index >= 15 is 0 Å². The fourth-order valence-electron chi connectivity index (χ4n) is 1.32. The zero-order valence-electron chi connectivity index (χ0n) is 10.7. The van der Waals surface area contributed by atoms with Crippen LogP contribution in [-0.2, 0) is 10.0 Å². The van der Waals surface area contributed by atoms with E-state index in [0.29, 0.717) is 0 Å². The largest absolute Gasteiger partial charge is 0.478 e. The predicted octanol–water partition coefficient (Wildman–Crippen LogP) is 1.85. The van der Waals surface area contributed by atoms with Gasteiger partial charge in [0.1, 0.15) is 10.7 Å². The van der Waals surface area contributed by atoms with Gasteiger partial charge in [-0.05, 0) is 24.1 Å². The summed E-state index contributed by atoms with van der Waals surface area (Å²) in [5, 5.41) is 8.78. The highest BCUT2D eigenvalue weighted by Crippen LogP contribution is 2.16. The molecule has 0 saturated heterocycles. The fraction of sp³-hybridized carbons (Fsp3) is 0.417. The number of sulfonamides is 1. The van der Waals surface area contributed by atoms with Crippen molar-refractivity contribution in [3.05, 3.63) is 29.6 Å². The highest BCUT2D eigenvalue weighted by atomic mass is 32.2. The van der Waals surface area contributed by atoms with Crippen LogP contribution in [0.15, 0.2) is 23.1 Å². The van der Waals surface area contributed by atoms with Gasteiger partial charge in [0, 0.05) is 6.54 Å². The number of halogens is 1. The quantitative estimate of drug-likeness (QED) is 0.837. The van der Waals surface area contributed by atoms with Crippen molar-refractivity contribution in [3.63, 3.8) is 0 Å². The summed E-state index contributed by atoms with van der Waals surface area (Å²) in [5.41, 5.74) is -0.273. The number of rotatable bonds is 6. The van der Waals surface area contributed by atoms with E-state index in [2.05, 4.69) is 4.72 Å². The number of hydrogen-bond donors (Lipinski definition) is 2. The lowest BCUT2D eigenvalue weighted by molar-refractivity contribution is 0.0696. The first-order valence-corrected chi connectivity index (χ1v) is 7.28. The minimum atomic E-state index is -4.04. The summed E-state index contributed by atoms with van der Waals surface area (Å²) in [6.45, 7) is 3.94. The standard InChI is InChI=1S/C12H16FNO4S/c1-3-8(2)7-14-19(17,18)11-6-9(12(15)16)4-5-10(11)13/h4-6,8,14H,3,7H2,1-2H3,(H,15,16). The van der Waals surface area contributed by atoms with Crippen molar-refractivity contribution in [3.8, 4) is 0 Å². The molecule has 0 bridgehead atoms. The minimum absolute atomic E-state index is 0.112. The lowest BCUT2D eigenvalue weighted by Gasteiger charge is -2.11. The van der Waals surface area contributed by atoms with Gasteiger partial charge in [-0.1, -0.05) is 20.3 Å². The molecule has 7 heteroatoms. The molecule has 5 nitrogen and oxygen atoms in total. The third-order valence-corrected chi connectivity index (χ3v) is 4.22. The van der Waals surface area contributed by atoms with Crippen molar-refractivity contribution in [1.82, 2.24) is 4.72 Å². The molecule has 19 heavy (non-hydrogen) atoms. The van der Waals surface area contributed by atoms with Gasteiger partial charge in [-0.3, -0.25) is 0 Å². The van der Waals surface area contributed by atoms with Gasteiger partial charge in [-0.25, -0.2) is 22.3 Å². The van der Waals surface area contributed by atoms with Crippen molar-refractivity contribution < 1.29 is 22.7 Å². The lowest BCUT2D eigenvalue weighted by atomic mass is 10.1. The molecule has 0 amide bonds. The van der Waals surface area contributed by atoms with E-state index in [1.165, 1.54) is 0 Å². The van der Waals surface area contributed by atoms with Gasteiger partial charge >= 0.3 is 5.97 Å². The number of benzene rings is 1. The summed E-state index contributed by atoms with van der Waals surface area (Å²) < 4.78 is 39.6. The Kier molecular flexibility index (Phi) is 5.02. The van der Waals surface area contributed by atoms with Crippen molar-refractivity contribution >= 4 is 16.0 Å². The van der Waals surface area contributed by atoms with Gasteiger partial charge in [0.2, 0.25) is 10.0 Å². The number of nitrogens with one attached hydrogen (secondary N) is 1. The second-order valence-corrected chi connectivity index (χ2v) is 6.05. The summed E-state index contributed by atoms with van der Waals surface area (Å²) >= 11 is 0. The third kappa shape index (κ3) is 4.00. The number of hydrogen-bond acceptors (Lipinski definition) is 3. The lowest BCUT2D eigenvalue weighted by Crippen LogP contribution is -2.29. The van der Waals surface area contributed by atoms with Gasteiger partial charge in [0.15, 0.2) is 0 Å². The van der Waals surface area contributed by atoms with E-state index in [9.17, 15) is 17.6 Å². The zero-order valence-corrected chi connectivity index (χ0v) is 11.5. The van der Waals surface area contributed by atoms with Crippen LogP contribution in [0.5, 0.6) is 0 Å². The Morgan fingerprint density at radius 2 is 2.11 bits per heavy atom. The van der Waals surface area contributed by atoms with Gasteiger partial charge in [-0.15, -0.1) is 0 Å². The number of carbonyl (C=O) groups is 1. The smallest absolute Gasteiger partial charge is 0.335 e. The van der Waals surface area contributed by atoms with Crippen LogP contribution in [-0.4, -0.2) is 26.0 Å². The fourth-order valence-corrected chi connectivity index (χ4v) is 2.58. The molecule has 1 rings (SSSR count). The van der Waals surface area contributed by atoms with E-state index in [4.69, 9.17) is 5.11 Å².